The predicted octanol–water partition coefficient (Wildman–Crippen LogP) is 4.26. The van der Waals surface area contributed by atoms with Gasteiger partial charge in [-0.1, -0.05) is 71.4 Å². The lowest BCUT2D eigenvalue weighted by atomic mass is 9.96. The molecule has 0 heterocycles. The standard InChI is InChI=1S/C19H23BrN2O.ClH/c1-2-14(12-16-10-6-7-11-17(16)20)19(23)22-13-18(21)15-8-4-3-5-9-15;/h3-11,14,18H,2,12-13,21H2,1H3,(H,22,23);1H. The highest BCUT2D eigenvalue weighted by molar-refractivity contribution is 9.10. The van der Waals surface area contributed by atoms with Crippen molar-refractivity contribution in [3.05, 3.63) is 70.2 Å². The van der Waals surface area contributed by atoms with E-state index >= 15 is 0 Å². The predicted molar refractivity (Wildman–Crippen MR) is 105 cm³/mol. The number of hydrogen-bond acceptors (Lipinski definition) is 2. The first kappa shape index (κ1) is 20.7. The second-order valence-corrected chi connectivity index (χ2v) is 6.52. The molecule has 0 saturated heterocycles. The zero-order chi connectivity index (χ0) is 16.7. The third-order valence-electron chi connectivity index (χ3n) is 4.01. The molecular weight excluding hydrogens is 388 g/mol. The topological polar surface area (TPSA) is 55.1 Å². The van der Waals surface area contributed by atoms with Crippen molar-refractivity contribution in [3.8, 4) is 0 Å². The Balaban J connectivity index is 0.00000288. The number of hydrogen-bond donors (Lipinski definition) is 2. The molecule has 0 saturated carbocycles. The van der Waals surface area contributed by atoms with E-state index in [2.05, 4.69) is 27.3 Å². The van der Waals surface area contributed by atoms with E-state index in [0.29, 0.717) is 6.54 Å². The van der Waals surface area contributed by atoms with Gasteiger partial charge in [-0.05, 0) is 30.0 Å². The molecule has 0 spiro atoms. The van der Waals surface area contributed by atoms with E-state index in [1.54, 1.807) is 0 Å². The van der Waals surface area contributed by atoms with Gasteiger partial charge >= 0.3 is 0 Å². The van der Waals surface area contributed by atoms with Gasteiger partial charge in [0.2, 0.25) is 5.91 Å². The van der Waals surface area contributed by atoms with Gasteiger partial charge in [-0.15, -0.1) is 12.4 Å². The summed E-state index contributed by atoms with van der Waals surface area (Å²) in [6.45, 7) is 2.49. The minimum Gasteiger partial charge on any atom is -0.354 e. The fourth-order valence-corrected chi connectivity index (χ4v) is 2.97. The Bertz CT molecular complexity index is 636. The van der Waals surface area contributed by atoms with Crippen LogP contribution in [0.15, 0.2) is 59.1 Å². The smallest absolute Gasteiger partial charge is 0.223 e. The van der Waals surface area contributed by atoms with Crippen LogP contribution in [0.5, 0.6) is 0 Å². The van der Waals surface area contributed by atoms with Crippen LogP contribution in [0.3, 0.4) is 0 Å². The summed E-state index contributed by atoms with van der Waals surface area (Å²) in [7, 11) is 0. The molecule has 0 aliphatic heterocycles. The normalized spacial score (nSPS) is 12.8. The largest absolute Gasteiger partial charge is 0.354 e. The van der Waals surface area contributed by atoms with Gasteiger partial charge in [0.25, 0.3) is 0 Å². The van der Waals surface area contributed by atoms with Crippen molar-refractivity contribution in [2.45, 2.75) is 25.8 Å². The lowest BCUT2D eigenvalue weighted by molar-refractivity contribution is -0.125. The Morgan fingerprint density at radius 3 is 2.38 bits per heavy atom. The zero-order valence-electron chi connectivity index (χ0n) is 13.7. The lowest BCUT2D eigenvalue weighted by Gasteiger charge is -2.18. The third-order valence-corrected chi connectivity index (χ3v) is 4.79. The molecule has 2 unspecified atom stereocenters. The number of carbonyl (C=O) groups excluding carboxylic acids is 1. The van der Waals surface area contributed by atoms with Crippen LogP contribution in [0.25, 0.3) is 0 Å². The number of rotatable bonds is 7. The molecule has 3 N–H and O–H groups in total. The van der Waals surface area contributed by atoms with Crippen LogP contribution in [-0.2, 0) is 11.2 Å². The minimum absolute atomic E-state index is 0. The van der Waals surface area contributed by atoms with Gasteiger partial charge in [0.15, 0.2) is 0 Å². The maximum Gasteiger partial charge on any atom is 0.223 e. The summed E-state index contributed by atoms with van der Waals surface area (Å²) in [5.74, 6) is 0.0197. The highest BCUT2D eigenvalue weighted by Crippen LogP contribution is 2.21. The number of benzene rings is 2. The van der Waals surface area contributed by atoms with E-state index in [0.717, 1.165) is 28.4 Å². The van der Waals surface area contributed by atoms with Gasteiger partial charge in [-0.2, -0.15) is 0 Å². The van der Waals surface area contributed by atoms with E-state index in [4.69, 9.17) is 5.73 Å². The van der Waals surface area contributed by atoms with Gasteiger partial charge in [0, 0.05) is 23.0 Å². The molecule has 0 bridgehead atoms. The molecule has 2 atom stereocenters. The second-order valence-electron chi connectivity index (χ2n) is 5.66. The summed E-state index contributed by atoms with van der Waals surface area (Å²) in [5, 5.41) is 2.99. The molecule has 1 amide bonds. The zero-order valence-corrected chi connectivity index (χ0v) is 16.1. The fourth-order valence-electron chi connectivity index (χ4n) is 2.52. The minimum atomic E-state index is -0.180. The van der Waals surface area contributed by atoms with Crippen LogP contribution < -0.4 is 11.1 Å². The molecule has 2 aromatic carbocycles. The molecule has 2 aromatic rings. The molecule has 0 aromatic heterocycles. The van der Waals surface area contributed by atoms with Crippen molar-refractivity contribution >= 4 is 34.2 Å². The first-order valence-electron chi connectivity index (χ1n) is 7.93. The Kier molecular flexibility index (Phi) is 9.04. The summed E-state index contributed by atoms with van der Waals surface area (Å²) in [6.07, 6.45) is 1.53. The van der Waals surface area contributed by atoms with Crippen molar-refractivity contribution in [1.29, 1.82) is 0 Å². The van der Waals surface area contributed by atoms with Crippen molar-refractivity contribution in [2.24, 2.45) is 11.7 Å². The van der Waals surface area contributed by atoms with E-state index in [1.165, 1.54) is 0 Å². The average Bonchev–Trinajstić information content (AvgIpc) is 2.59. The van der Waals surface area contributed by atoms with Gasteiger partial charge in [0.1, 0.15) is 0 Å². The first-order chi connectivity index (χ1) is 11.1. The molecule has 0 fully saturated rings. The molecule has 0 aliphatic carbocycles. The highest BCUT2D eigenvalue weighted by Gasteiger charge is 2.18. The molecule has 0 aliphatic rings. The van der Waals surface area contributed by atoms with Crippen molar-refractivity contribution < 1.29 is 4.79 Å². The van der Waals surface area contributed by atoms with Gasteiger partial charge in [-0.25, -0.2) is 0 Å². The lowest BCUT2D eigenvalue weighted by Crippen LogP contribution is -2.36. The van der Waals surface area contributed by atoms with Crippen LogP contribution in [-0.4, -0.2) is 12.5 Å². The van der Waals surface area contributed by atoms with E-state index in [1.807, 2.05) is 55.5 Å². The fraction of sp³-hybridized carbons (Fsp3) is 0.316. The molecule has 24 heavy (non-hydrogen) atoms. The molecule has 5 heteroatoms. The molecule has 0 radical (unpaired) electrons. The Morgan fingerprint density at radius 1 is 1.12 bits per heavy atom. The van der Waals surface area contributed by atoms with Crippen LogP contribution in [0, 0.1) is 5.92 Å². The van der Waals surface area contributed by atoms with Crippen LogP contribution in [0.1, 0.15) is 30.5 Å². The van der Waals surface area contributed by atoms with Crippen LogP contribution in [0.2, 0.25) is 0 Å². The summed E-state index contributed by atoms with van der Waals surface area (Å²) in [5.41, 5.74) is 8.33. The Hall–Kier alpha value is -1.36. The number of nitrogens with two attached hydrogens (primary N) is 1. The van der Waals surface area contributed by atoms with E-state index in [9.17, 15) is 4.79 Å². The summed E-state index contributed by atoms with van der Waals surface area (Å²) >= 11 is 3.54. The van der Waals surface area contributed by atoms with Gasteiger partial charge in [-0.3, -0.25) is 4.79 Å². The first-order valence-corrected chi connectivity index (χ1v) is 8.72. The highest BCUT2D eigenvalue weighted by atomic mass is 79.9. The SMILES string of the molecule is CCC(Cc1ccccc1Br)C(=O)NCC(N)c1ccccc1.Cl. The van der Waals surface area contributed by atoms with Crippen LogP contribution in [0.4, 0.5) is 0 Å². The molecule has 130 valence electrons. The number of halogens is 2. The monoisotopic (exact) mass is 410 g/mol. The quantitative estimate of drug-likeness (QED) is 0.715. The summed E-state index contributed by atoms with van der Waals surface area (Å²) in [6, 6.07) is 17.7. The third kappa shape index (κ3) is 5.93. The van der Waals surface area contributed by atoms with Crippen molar-refractivity contribution in [2.75, 3.05) is 6.54 Å². The number of carbonyl (C=O) groups is 1. The second kappa shape index (κ2) is 10.5. The van der Waals surface area contributed by atoms with E-state index in [-0.39, 0.29) is 30.3 Å². The molecule has 2 rings (SSSR count). The number of amides is 1. The Morgan fingerprint density at radius 2 is 1.75 bits per heavy atom. The summed E-state index contributed by atoms with van der Waals surface area (Å²) < 4.78 is 1.05. The maximum absolute atomic E-state index is 12.4. The molecular formula is C19H24BrClN2O. The van der Waals surface area contributed by atoms with Gasteiger partial charge in [0.05, 0.1) is 0 Å². The van der Waals surface area contributed by atoms with Gasteiger partial charge < -0.3 is 11.1 Å². The maximum atomic E-state index is 12.4. The molecule has 3 nitrogen and oxygen atoms in total. The number of nitrogens with one attached hydrogen (secondary N) is 1. The van der Waals surface area contributed by atoms with E-state index < -0.39 is 0 Å². The summed E-state index contributed by atoms with van der Waals surface area (Å²) in [4.78, 5) is 12.4. The Labute approximate surface area is 158 Å². The van der Waals surface area contributed by atoms with Crippen molar-refractivity contribution in [1.82, 2.24) is 5.32 Å². The van der Waals surface area contributed by atoms with Crippen LogP contribution >= 0.6 is 28.3 Å². The van der Waals surface area contributed by atoms with Crippen molar-refractivity contribution in [3.63, 3.8) is 0 Å². The average molecular weight is 412 g/mol.